The van der Waals surface area contributed by atoms with Gasteiger partial charge >= 0.3 is 0 Å². The van der Waals surface area contributed by atoms with Crippen molar-refractivity contribution < 1.29 is 23.9 Å². The molecule has 1 aromatic heterocycles. The molecule has 0 aliphatic rings. The Bertz CT molecular complexity index is 1840. The van der Waals surface area contributed by atoms with Crippen LogP contribution in [-0.2, 0) is 9.59 Å². The number of hydrogen-bond acceptors (Lipinski definition) is 8. The van der Waals surface area contributed by atoms with Crippen molar-refractivity contribution in [3.63, 3.8) is 0 Å². The fourth-order valence-electron chi connectivity index (χ4n) is 4.26. The number of aromatic nitrogens is 1. The van der Waals surface area contributed by atoms with Crippen molar-refractivity contribution in [2.45, 2.75) is 4.90 Å². The highest BCUT2D eigenvalue weighted by Crippen LogP contribution is 2.29. The molecule has 0 fully saturated rings. The molecule has 0 unspecified atom stereocenters. The van der Waals surface area contributed by atoms with E-state index in [9.17, 15) is 14.4 Å². The number of methoxy groups -OCH3 is 2. The van der Waals surface area contributed by atoms with E-state index in [4.69, 9.17) is 9.47 Å². The van der Waals surface area contributed by atoms with Crippen LogP contribution in [0.15, 0.2) is 119 Å². The first kappa shape index (κ1) is 32.0. The molecule has 5 aromatic rings. The third-order valence-electron chi connectivity index (χ3n) is 6.55. The summed E-state index contributed by atoms with van der Waals surface area (Å²) in [5.41, 5.74) is 3.38. The maximum Gasteiger partial charge on any atom is 0.272 e. The summed E-state index contributed by atoms with van der Waals surface area (Å²) in [7, 11) is 3.06. The third-order valence-corrected chi connectivity index (χ3v) is 8.32. The Morgan fingerprint density at radius 2 is 1.52 bits per heavy atom. The van der Waals surface area contributed by atoms with Crippen molar-refractivity contribution in [3.8, 4) is 22.8 Å². The molecule has 0 saturated carbocycles. The molecular weight excluding hydrogens is 621 g/mol. The van der Waals surface area contributed by atoms with E-state index in [2.05, 4.69) is 20.9 Å². The van der Waals surface area contributed by atoms with E-state index in [1.165, 1.54) is 37.3 Å². The summed E-state index contributed by atoms with van der Waals surface area (Å²) in [6.45, 7) is 0. The molecule has 11 heteroatoms. The summed E-state index contributed by atoms with van der Waals surface area (Å²) in [4.78, 5) is 44.3. The van der Waals surface area contributed by atoms with Crippen LogP contribution in [0.3, 0.4) is 0 Å². The van der Waals surface area contributed by atoms with Gasteiger partial charge in [0.15, 0.2) is 16.6 Å². The number of hydrogen-bond donors (Lipinski definition) is 3. The second-order valence-electron chi connectivity index (χ2n) is 9.71. The van der Waals surface area contributed by atoms with E-state index in [1.807, 2.05) is 47.8 Å². The Hall–Kier alpha value is -5.39. The highest BCUT2D eigenvalue weighted by Gasteiger charge is 2.16. The van der Waals surface area contributed by atoms with Gasteiger partial charge in [-0.25, -0.2) is 4.98 Å². The second-order valence-corrected chi connectivity index (χ2v) is 11.6. The van der Waals surface area contributed by atoms with Crippen LogP contribution in [0.4, 0.5) is 10.8 Å². The van der Waals surface area contributed by atoms with Gasteiger partial charge in [0.25, 0.3) is 11.8 Å². The van der Waals surface area contributed by atoms with Gasteiger partial charge in [-0.05, 0) is 60.2 Å². The van der Waals surface area contributed by atoms with E-state index in [1.54, 1.807) is 66.7 Å². The molecule has 0 atom stereocenters. The van der Waals surface area contributed by atoms with Gasteiger partial charge < -0.3 is 25.4 Å². The van der Waals surface area contributed by atoms with Gasteiger partial charge in [-0.15, -0.1) is 23.1 Å². The van der Waals surface area contributed by atoms with Crippen molar-refractivity contribution in [3.05, 3.63) is 125 Å². The van der Waals surface area contributed by atoms with Gasteiger partial charge in [0.05, 0.1) is 25.7 Å². The van der Waals surface area contributed by atoms with Gasteiger partial charge in [-0.2, -0.15) is 0 Å². The summed E-state index contributed by atoms with van der Waals surface area (Å²) < 4.78 is 10.7. The van der Waals surface area contributed by atoms with Crippen LogP contribution in [0, 0.1) is 0 Å². The summed E-state index contributed by atoms with van der Waals surface area (Å²) in [5, 5.41) is 10.9. The number of thioether (sulfide) groups is 1. The molecule has 232 valence electrons. The fraction of sp³-hybridized carbons (Fsp3) is 0.0857. The van der Waals surface area contributed by atoms with Gasteiger partial charge in [0, 0.05) is 27.1 Å². The lowest BCUT2D eigenvalue weighted by Gasteiger charge is -2.13. The average molecular weight is 651 g/mol. The topological polar surface area (TPSA) is 119 Å². The normalized spacial score (nSPS) is 11.0. The van der Waals surface area contributed by atoms with Gasteiger partial charge in [0.2, 0.25) is 5.91 Å². The molecule has 0 aliphatic heterocycles. The molecule has 3 N–H and O–H groups in total. The van der Waals surface area contributed by atoms with Gasteiger partial charge in [0.1, 0.15) is 5.70 Å². The first-order chi connectivity index (χ1) is 22.4. The lowest BCUT2D eigenvalue weighted by molar-refractivity contribution is -0.114. The van der Waals surface area contributed by atoms with Crippen molar-refractivity contribution in [1.82, 2.24) is 10.3 Å². The number of ether oxygens (including phenoxy) is 2. The van der Waals surface area contributed by atoms with E-state index in [0.29, 0.717) is 33.4 Å². The number of carbonyl (C=O) groups excluding carboxylic acids is 3. The van der Waals surface area contributed by atoms with Crippen LogP contribution in [0.1, 0.15) is 15.9 Å². The highest BCUT2D eigenvalue weighted by molar-refractivity contribution is 8.00. The lowest BCUT2D eigenvalue weighted by atomic mass is 10.1. The molecule has 0 saturated heterocycles. The Labute approximate surface area is 274 Å². The summed E-state index contributed by atoms with van der Waals surface area (Å²) in [6.07, 6.45) is 1.56. The minimum Gasteiger partial charge on any atom is -0.493 e. The molecule has 9 nitrogen and oxygen atoms in total. The molecule has 4 aromatic carbocycles. The number of rotatable bonds is 12. The molecule has 0 aliphatic carbocycles. The SMILES string of the molecule is COc1ccc(/C=C(\NC(=O)c2ccccc2)C(=O)Nc2ccc(SCC(=O)Nc3nc(-c4ccccc4)cs3)cc2)cc1OC. The average Bonchev–Trinajstić information content (AvgIpc) is 3.56. The Morgan fingerprint density at radius 1 is 0.826 bits per heavy atom. The molecule has 1 heterocycles. The summed E-state index contributed by atoms with van der Waals surface area (Å²) in [6, 6.07) is 30.7. The molecule has 0 bridgehead atoms. The van der Waals surface area contributed by atoms with Crippen LogP contribution >= 0.6 is 23.1 Å². The molecule has 5 rings (SSSR count). The number of benzene rings is 4. The number of thiazole rings is 1. The van der Waals surface area contributed by atoms with E-state index >= 15 is 0 Å². The quantitative estimate of drug-likeness (QED) is 0.0986. The van der Waals surface area contributed by atoms with E-state index in [-0.39, 0.29) is 17.4 Å². The number of carbonyl (C=O) groups is 3. The maximum absolute atomic E-state index is 13.4. The number of nitrogens with one attached hydrogen (secondary N) is 3. The van der Waals surface area contributed by atoms with Crippen molar-refractivity contribution >= 4 is 57.7 Å². The first-order valence-electron chi connectivity index (χ1n) is 14.1. The van der Waals surface area contributed by atoms with Crippen LogP contribution in [0.2, 0.25) is 0 Å². The van der Waals surface area contributed by atoms with Crippen LogP contribution in [-0.4, -0.2) is 42.7 Å². The van der Waals surface area contributed by atoms with Crippen molar-refractivity contribution in [2.75, 3.05) is 30.6 Å². The second kappa shape index (κ2) is 15.6. The summed E-state index contributed by atoms with van der Waals surface area (Å²) >= 11 is 2.74. The lowest BCUT2D eigenvalue weighted by Crippen LogP contribution is -2.30. The molecule has 0 spiro atoms. The zero-order valence-electron chi connectivity index (χ0n) is 25.0. The van der Waals surface area contributed by atoms with Crippen LogP contribution in [0.5, 0.6) is 11.5 Å². The standard InChI is InChI=1S/C35H30N4O5S2/c1-43-30-18-13-23(20-31(30)44-2)19-28(37-33(41)25-11-7-4-8-12-25)34(42)36-26-14-16-27(17-15-26)45-22-32(40)39-35-38-29(21-46-35)24-9-5-3-6-10-24/h3-21H,22H2,1-2H3,(H,36,42)(H,37,41)(H,38,39,40)/b28-19-. The number of amides is 3. The Kier molecular flexibility index (Phi) is 10.8. The number of anilines is 2. The zero-order valence-corrected chi connectivity index (χ0v) is 26.6. The van der Waals surface area contributed by atoms with Crippen molar-refractivity contribution in [2.24, 2.45) is 0 Å². The molecule has 3 amide bonds. The monoisotopic (exact) mass is 650 g/mol. The smallest absolute Gasteiger partial charge is 0.272 e. The zero-order chi connectivity index (χ0) is 32.3. The number of nitrogens with zero attached hydrogens (tertiary/aromatic N) is 1. The van der Waals surface area contributed by atoms with E-state index in [0.717, 1.165) is 16.2 Å². The van der Waals surface area contributed by atoms with Gasteiger partial charge in [-0.1, -0.05) is 54.6 Å². The fourth-order valence-corrected chi connectivity index (χ4v) is 5.70. The van der Waals surface area contributed by atoms with E-state index < -0.39 is 11.8 Å². The predicted molar refractivity (Wildman–Crippen MR) is 183 cm³/mol. The minimum atomic E-state index is -0.517. The highest BCUT2D eigenvalue weighted by atomic mass is 32.2. The summed E-state index contributed by atoms with van der Waals surface area (Å²) in [5.74, 6) is 0.0927. The molecule has 46 heavy (non-hydrogen) atoms. The largest absolute Gasteiger partial charge is 0.493 e. The third kappa shape index (κ3) is 8.62. The first-order valence-corrected chi connectivity index (χ1v) is 15.9. The molecule has 0 radical (unpaired) electrons. The van der Waals surface area contributed by atoms with Gasteiger partial charge in [-0.3, -0.25) is 14.4 Å². The van der Waals surface area contributed by atoms with Crippen LogP contribution in [0.25, 0.3) is 17.3 Å². The predicted octanol–water partition coefficient (Wildman–Crippen LogP) is 6.97. The molecular formula is C35H30N4O5S2. The minimum absolute atomic E-state index is 0.0359. The Morgan fingerprint density at radius 3 is 2.22 bits per heavy atom. The van der Waals surface area contributed by atoms with Crippen LogP contribution < -0.4 is 25.4 Å². The Balaban J connectivity index is 1.22. The maximum atomic E-state index is 13.4. The van der Waals surface area contributed by atoms with Crippen molar-refractivity contribution in [1.29, 1.82) is 0 Å².